The van der Waals surface area contributed by atoms with Crippen molar-refractivity contribution in [3.8, 4) is 0 Å². The summed E-state index contributed by atoms with van der Waals surface area (Å²) in [7, 11) is 0. The highest BCUT2D eigenvalue weighted by Gasteiger charge is 2.29. The number of hydrogen-bond acceptors (Lipinski definition) is 5. The van der Waals surface area contributed by atoms with Crippen LogP contribution in [-0.2, 0) is 20.8 Å². The molecular weight excluding hydrogens is 296 g/mol. The molecule has 2 fully saturated rings. The number of aromatic nitrogens is 3. The summed E-state index contributed by atoms with van der Waals surface area (Å²) in [4.78, 5) is 14.2. The predicted molar refractivity (Wildman–Crippen MR) is 83.8 cm³/mol. The lowest BCUT2D eigenvalue weighted by molar-refractivity contribution is -0.146. The standard InChI is InChI=1S/C16H26N4O3/c1-2-19-12-17-18-16(19)14-10-20(8-9-22-14)15(21)11-23-13-6-4-3-5-7-13/h12-14H,2-11H2,1H3/t14-/m1/s1. The third kappa shape index (κ3) is 4.09. The molecule has 0 spiro atoms. The van der Waals surface area contributed by atoms with E-state index in [-0.39, 0.29) is 24.7 Å². The van der Waals surface area contributed by atoms with Crippen LogP contribution in [0.25, 0.3) is 0 Å². The van der Waals surface area contributed by atoms with Crippen LogP contribution < -0.4 is 0 Å². The monoisotopic (exact) mass is 322 g/mol. The summed E-state index contributed by atoms with van der Waals surface area (Å²) in [6.07, 6.45) is 7.63. The van der Waals surface area contributed by atoms with E-state index in [0.29, 0.717) is 19.7 Å². The summed E-state index contributed by atoms with van der Waals surface area (Å²) in [6.45, 7) is 4.67. The Morgan fingerprint density at radius 3 is 3.00 bits per heavy atom. The lowest BCUT2D eigenvalue weighted by Gasteiger charge is -2.33. The summed E-state index contributed by atoms with van der Waals surface area (Å²) >= 11 is 0. The van der Waals surface area contributed by atoms with Crippen LogP contribution in [0.4, 0.5) is 0 Å². The summed E-state index contributed by atoms with van der Waals surface area (Å²) in [5, 5.41) is 8.08. The second-order valence-electron chi connectivity index (χ2n) is 6.25. The molecular formula is C16H26N4O3. The highest BCUT2D eigenvalue weighted by molar-refractivity contribution is 5.77. The Labute approximate surface area is 137 Å². The predicted octanol–water partition coefficient (Wildman–Crippen LogP) is 1.55. The minimum Gasteiger partial charge on any atom is -0.368 e. The first-order chi connectivity index (χ1) is 11.3. The van der Waals surface area contributed by atoms with Crippen LogP contribution in [0, 0.1) is 0 Å². The van der Waals surface area contributed by atoms with Crippen LogP contribution in [0.5, 0.6) is 0 Å². The molecule has 23 heavy (non-hydrogen) atoms. The van der Waals surface area contributed by atoms with E-state index in [9.17, 15) is 4.79 Å². The fourth-order valence-corrected chi connectivity index (χ4v) is 3.30. The van der Waals surface area contributed by atoms with Crippen LogP contribution in [-0.4, -0.2) is 58.0 Å². The minimum atomic E-state index is -0.204. The Morgan fingerprint density at radius 2 is 2.22 bits per heavy atom. The Kier molecular flexibility index (Phi) is 5.61. The molecule has 2 aliphatic rings. The smallest absolute Gasteiger partial charge is 0.248 e. The normalized spacial score (nSPS) is 23.2. The molecule has 0 aromatic carbocycles. The zero-order chi connectivity index (χ0) is 16.1. The first-order valence-electron chi connectivity index (χ1n) is 8.66. The number of carbonyl (C=O) groups is 1. The van der Waals surface area contributed by atoms with E-state index in [1.165, 1.54) is 19.3 Å². The third-order valence-corrected chi connectivity index (χ3v) is 4.69. The van der Waals surface area contributed by atoms with Crippen LogP contribution >= 0.6 is 0 Å². The number of amides is 1. The van der Waals surface area contributed by atoms with E-state index in [2.05, 4.69) is 10.2 Å². The maximum Gasteiger partial charge on any atom is 0.248 e. The molecule has 1 saturated heterocycles. The number of nitrogens with zero attached hydrogens (tertiary/aromatic N) is 4. The number of aryl methyl sites for hydroxylation is 1. The van der Waals surface area contributed by atoms with Crippen molar-refractivity contribution >= 4 is 5.91 Å². The molecule has 128 valence electrons. The van der Waals surface area contributed by atoms with Crippen molar-refractivity contribution in [1.82, 2.24) is 19.7 Å². The van der Waals surface area contributed by atoms with Crippen molar-refractivity contribution in [2.45, 2.75) is 57.8 Å². The Hall–Kier alpha value is -1.47. The summed E-state index contributed by atoms with van der Waals surface area (Å²) < 4.78 is 13.5. The Morgan fingerprint density at radius 1 is 1.39 bits per heavy atom. The molecule has 0 bridgehead atoms. The van der Waals surface area contributed by atoms with Gasteiger partial charge in [0.05, 0.1) is 19.3 Å². The van der Waals surface area contributed by atoms with Gasteiger partial charge in [0.2, 0.25) is 5.91 Å². The second kappa shape index (κ2) is 7.88. The van der Waals surface area contributed by atoms with Gasteiger partial charge in [0.1, 0.15) is 19.0 Å². The van der Waals surface area contributed by atoms with Gasteiger partial charge >= 0.3 is 0 Å². The quantitative estimate of drug-likeness (QED) is 0.822. The summed E-state index contributed by atoms with van der Waals surface area (Å²) in [5.74, 6) is 0.838. The molecule has 1 aromatic heterocycles. The van der Waals surface area contributed by atoms with Crippen molar-refractivity contribution < 1.29 is 14.3 Å². The van der Waals surface area contributed by atoms with Gasteiger partial charge in [-0.1, -0.05) is 19.3 Å². The van der Waals surface area contributed by atoms with Crippen molar-refractivity contribution in [3.05, 3.63) is 12.2 Å². The molecule has 0 N–H and O–H groups in total. The van der Waals surface area contributed by atoms with Gasteiger partial charge < -0.3 is 18.9 Å². The van der Waals surface area contributed by atoms with E-state index < -0.39 is 0 Å². The molecule has 2 heterocycles. The number of rotatable bonds is 5. The summed E-state index contributed by atoms with van der Waals surface area (Å²) in [6, 6.07) is 0. The average molecular weight is 322 g/mol. The van der Waals surface area contributed by atoms with Crippen molar-refractivity contribution in [2.75, 3.05) is 26.3 Å². The van der Waals surface area contributed by atoms with E-state index in [0.717, 1.165) is 25.2 Å². The van der Waals surface area contributed by atoms with Crippen LogP contribution in [0.1, 0.15) is 51.0 Å². The lowest BCUT2D eigenvalue weighted by atomic mass is 9.98. The van der Waals surface area contributed by atoms with E-state index in [1.54, 1.807) is 6.33 Å². The topological polar surface area (TPSA) is 69.5 Å². The molecule has 0 radical (unpaired) electrons. The Bertz CT molecular complexity index is 513. The molecule has 1 atom stereocenters. The van der Waals surface area contributed by atoms with E-state index >= 15 is 0 Å². The Balaban J connectivity index is 1.52. The van der Waals surface area contributed by atoms with Gasteiger partial charge in [0.25, 0.3) is 0 Å². The van der Waals surface area contributed by atoms with Gasteiger partial charge in [-0.25, -0.2) is 0 Å². The molecule has 1 amide bonds. The van der Waals surface area contributed by atoms with Gasteiger partial charge in [-0.3, -0.25) is 4.79 Å². The lowest BCUT2D eigenvalue weighted by Crippen LogP contribution is -2.44. The van der Waals surface area contributed by atoms with Crippen molar-refractivity contribution in [1.29, 1.82) is 0 Å². The zero-order valence-corrected chi connectivity index (χ0v) is 13.8. The molecule has 7 heteroatoms. The molecule has 7 nitrogen and oxygen atoms in total. The molecule has 1 aliphatic heterocycles. The van der Waals surface area contributed by atoms with E-state index in [1.807, 2.05) is 16.4 Å². The number of hydrogen-bond donors (Lipinski definition) is 0. The van der Waals surface area contributed by atoms with Crippen molar-refractivity contribution in [2.24, 2.45) is 0 Å². The van der Waals surface area contributed by atoms with Crippen LogP contribution in [0.15, 0.2) is 6.33 Å². The van der Waals surface area contributed by atoms with Gasteiger partial charge in [-0.2, -0.15) is 0 Å². The van der Waals surface area contributed by atoms with Crippen LogP contribution in [0.3, 0.4) is 0 Å². The largest absolute Gasteiger partial charge is 0.368 e. The van der Waals surface area contributed by atoms with Gasteiger partial charge in [-0.05, 0) is 19.8 Å². The van der Waals surface area contributed by atoms with Crippen LogP contribution in [0.2, 0.25) is 0 Å². The first-order valence-corrected chi connectivity index (χ1v) is 8.66. The van der Waals surface area contributed by atoms with E-state index in [4.69, 9.17) is 9.47 Å². The second-order valence-corrected chi connectivity index (χ2v) is 6.25. The molecule has 1 aliphatic carbocycles. The van der Waals surface area contributed by atoms with Gasteiger partial charge in [-0.15, -0.1) is 10.2 Å². The highest BCUT2D eigenvalue weighted by Crippen LogP contribution is 2.22. The molecule has 0 unspecified atom stereocenters. The zero-order valence-electron chi connectivity index (χ0n) is 13.8. The third-order valence-electron chi connectivity index (χ3n) is 4.69. The van der Waals surface area contributed by atoms with Gasteiger partial charge in [0.15, 0.2) is 5.82 Å². The average Bonchev–Trinajstić information content (AvgIpc) is 3.09. The first kappa shape index (κ1) is 16.4. The number of carbonyl (C=O) groups excluding carboxylic acids is 1. The minimum absolute atomic E-state index is 0.0476. The number of ether oxygens (including phenoxy) is 2. The van der Waals surface area contributed by atoms with Crippen molar-refractivity contribution in [3.63, 3.8) is 0 Å². The maximum absolute atomic E-state index is 12.4. The number of morpholine rings is 1. The fraction of sp³-hybridized carbons (Fsp3) is 0.812. The highest BCUT2D eigenvalue weighted by atomic mass is 16.5. The van der Waals surface area contributed by atoms with Gasteiger partial charge in [0, 0.05) is 13.1 Å². The molecule has 1 aromatic rings. The summed E-state index contributed by atoms with van der Waals surface area (Å²) in [5.41, 5.74) is 0. The molecule has 3 rings (SSSR count). The fourth-order valence-electron chi connectivity index (χ4n) is 3.30. The molecule has 1 saturated carbocycles. The SMILES string of the molecule is CCn1cnnc1[C@H]1CN(C(=O)COC2CCCCC2)CCO1. The maximum atomic E-state index is 12.4.